The number of benzene rings is 1. The standard InChI is InChI=1S/C21H19BrFN5O/c1-11(2)27-16(22)9-15-19(27)18(14-7-5-13(10-24)6-8-14)28(21(15)29)20-17(23)12(3)25-26(20)4/h5-9,11,18H,1-4H3. The van der Waals surface area contributed by atoms with Gasteiger partial charge in [-0.05, 0) is 60.5 Å². The Morgan fingerprint density at radius 2 is 1.93 bits per heavy atom. The number of anilines is 1. The zero-order chi connectivity index (χ0) is 21.0. The van der Waals surface area contributed by atoms with Gasteiger partial charge in [0.1, 0.15) is 6.04 Å². The SMILES string of the molecule is Cc1nn(C)c(N2C(=O)c3cc(Br)n(C(C)C)c3C2c2ccc(C#N)cc2)c1F. The van der Waals surface area contributed by atoms with Gasteiger partial charge in [-0.25, -0.2) is 9.07 Å². The molecule has 0 radical (unpaired) electrons. The lowest BCUT2D eigenvalue weighted by Gasteiger charge is -2.28. The first kappa shape index (κ1) is 19.4. The van der Waals surface area contributed by atoms with E-state index in [4.69, 9.17) is 5.26 Å². The Balaban J connectivity index is 2.00. The topological polar surface area (TPSA) is 66.8 Å². The average molecular weight is 456 g/mol. The van der Waals surface area contributed by atoms with Crippen LogP contribution in [0.15, 0.2) is 34.9 Å². The van der Waals surface area contributed by atoms with Gasteiger partial charge in [0.05, 0.1) is 33.2 Å². The number of hydrogen-bond donors (Lipinski definition) is 0. The van der Waals surface area contributed by atoms with Crippen molar-refractivity contribution in [3.63, 3.8) is 0 Å². The number of halogens is 2. The van der Waals surface area contributed by atoms with Gasteiger partial charge in [0, 0.05) is 13.1 Å². The number of fused-ring (bicyclic) bond motifs is 1. The summed E-state index contributed by atoms with van der Waals surface area (Å²) < 4.78 is 19.2. The van der Waals surface area contributed by atoms with E-state index in [-0.39, 0.29) is 23.5 Å². The predicted molar refractivity (Wildman–Crippen MR) is 110 cm³/mol. The van der Waals surface area contributed by atoms with Crippen LogP contribution in [0.25, 0.3) is 0 Å². The highest BCUT2D eigenvalue weighted by Gasteiger charge is 2.45. The Bertz CT molecular complexity index is 1170. The van der Waals surface area contributed by atoms with Crippen LogP contribution in [0.3, 0.4) is 0 Å². The zero-order valence-corrected chi connectivity index (χ0v) is 18.0. The Labute approximate surface area is 176 Å². The first-order valence-electron chi connectivity index (χ1n) is 9.19. The maximum Gasteiger partial charge on any atom is 0.262 e. The summed E-state index contributed by atoms with van der Waals surface area (Å²) in [6.07, 6.45) is 0. The van der Waals surface area contributed by atoms with E-state index in [1.54, 1.807) is 32.2 Å². The maximum absolute atomic E-state index is 15.0. The minimum Gasteiger partial charge on any atom is -0.334 e. The quantitative estimate of drug-likeness (QED) is 0.577. The smallest absolute Gasteiger partial charge is 0.262 e. The van der Waals surface area contributed by atoms with Crippen molar-refractivity contribution in [3.05, 3.63) is 68.8 Å². The molecule has 0 aliphatic carbocycles. The van der Waals surface area contributed by atoms with Crippen molar-refractivity contribution in [2.24, 2.45) is 7.05 Å². The number of carbonyl (C=O) groups excluding carboxylic acids is 1. The van der Waals surface area contributed by atoms with Gasteiger partial charge in [0.2, 0.25) is 0 Å². The summed E-state index contributed by atoms with van der Waals surface area (Å²) in [6.45, 7) is 5.64. The summed E-state index contributed by atoms with van der Waals surface area (Å²) >= 11 is 3.56. The number of carbonyl (C=O) groups is 1. The number of amides is 1. The molecule has 148 valence electrons. The molecule has 1 atom stereocenters. The van der Waals surface area contributed by atoms with Crippen LogP contribution in [0.1, 0.15) is 58.8 Å². The lowest BCUT2D eigenvalue weighted by molar-refractivity contribution is 0.0991. The van der Waals surface area contributed by atoms with Gasteiger partial charge in [-0.2, -0.15) is 10.4 Å². The van der Waals surface area contributed by atoms with Crippen LogP contribution < -0.4 is 4.90 Å². The van der Waals surface area contributed by atoms with Crippen LogP contribution in [-0.4, -0.2) is 20.3 Å². The van der Waals surface area contributed by atoms with Crippen molar-refractivity contribution >= 4 is 27.7 Å². The van der Waals surface area contributed by atoms with Gasteiger partial charge in [-0.1, -0.05) is 12.1 Å². The summed E-state index contributed by atoms with van der Waals surface area (Å²) in [5.41, 5.74) is 2.87. The van der Waals surface area contributed by atoms with Crippen LogP contribution in [0.5, 0.6) is 0 Å². The van der Waals surface area contributed by atoms with Gasteiger partial charge < -0.3 is 4.57 Å². The molecule has 2 aromatic heterocycles. The molecule has 6 nitrogen and oxygen atoms in total. The third-order valence-corrected chi connectivity index (χ3v) is 5.83. The molecule has 0 N–H and O–H groups in total. The number of aryl methyl sites for hydroxylation is 2. The number of rotatable bonds is 3. The Morgan fingerprint density at radius 3 is 2.45 bits per heavy atom. The first-order valence-corrected chi connectivity index (χ1v) is 9.98. The molecule has 3 heterocycles. The molecule has 8 heteroatoms. The van der Waals surface area contributed by atoms with Crippen molar-refractivity contribution < 1.29 is 9.18 Å². The number of nitriles is 1. The largest absolute Gasteiger partial charge is 0.334 e. The van der Waals surface area contributed by atoms with Crippen molar-refractivity contribution in [2.45, 2.75) is 32.9 Å². The van der Waals surface area contributed by atoms with E-state index < -0.39 is 11.9 Å². The maximum atomic E-state index is 15.0. The van der Waals surface area contributed by atoms with Gasteiger partial charge >= 0.3 is 0 Å². The van der Waals surface area contributed by atoms with E-state index in [2.05, 4.69) is 27.1 Å². The second-order valence-corrected chi connectivity index (χ2v) is 8.20. The highest BCUT2D eigenvalue weighted by molar-refractivity contribution is 9.10. The summed E-state index contributed by atoms with van der Waals surface area (Å²) in [5, 5.41) is 13.3. The van der Waals surface area contributed by atoms with Crippen molar-refractivity contribution in [2.75, 3.05) is 4.90 Å². The minimum atomic E-state index is -0.539. The van der Waals surface area contributed by atoms with Crippen LogP contribution in [0.4, 0.5) is 10.2 Å². The van der Waals surface area contributed by atoms with Crippen molar-refractivity contribution in [3.8, 4) is 6.07 Å². The lowest BCUT2D eigenvalue weighted by atomic mass is 10.0. The summed E-state index contributed by atoms with van der Waals surface area (Å²) in [7, 11) is 1.63. The van der Waals surface area contributed by atoms with Crippen molar-refractivity contribution in [1.82, 2.24) is 14.3 Å². The summed E-state index contributed by atoms with van der Waals surface area (Å²) in [5.74, 6) is -0.666. The highest BCUT2D eigenvalue weighted by atomic mass is 79.9. The molecule has 1 aromatic carbocycles. The number of aromatic nitrogens is 3. The second kappa shape index (κ2) is 6.85. The molecule has 29 heavy (non-hydrogen) atoms. The molecule has 0 saturated carbocycles. The van der Waals surface area contributed by atoms with Gasteiger partial charge in [-0.3, -0.25) is 9.69 Å². The Kier molecular flexibility index (Phi) is 4.58. The fraction of sp³-hybridized carbons (Fsp3) is 0.286. The van der Waals surface area contributed by atoms with Gasteiger partial charge in [0.15, 0.2) is 11.6 Å². The van der Waals surface area contributed by atoms with E-state index in [1.165, 1.54) is 9.58 Å². The number of nitrogens with zero attached hydrogens (tertiary/aromatic N) is 5. The second-order valence-electron chi connectivity index (χ2n) is 7.39. The average Bonchev–Trinajstić information content (AvgIpc) is 3.24. The van der Waals surface area contributed by atoms with Gasteiger partial charge in [-0.15, -0.1) is 0 Å². The van der Waals surface area contributed by atoms with Crippen LogP contribution in [-0.2, 0) is 7.05 Å². The zero-order valence-electron chi connectivity index (χ0n) is 16.4. The van der Waals surface area contributed by atoms with Gasteiger partial charge in [0.25, 0.3) is 5.91 Å². The molecule has 1 aliphatic rings. The molecule has 0 fully saturated rings. The monoisotopic (exact) mass is 455 g/mol. The van der Waals surface area contributed by atoms with Crippen LogP contribution >= 0.6 is 15.9 Å². The lowest BCUT2D eigenvalue weighted by Crippen LogP contribution is -2.32. The van der Waals surface area contributed by atoms with Crippen molar-refractivity contribution in [1.29, 1.82) is 5.26 Å². The van der Waals surface area contributed by atoms with Crippen LogP contribution in [0.2, 0.25) is 0 Å². The fourth-order valence-electron chi connectivity index (χ4n) is 4.00. The Morgan fingerprint density at radius 1 is 1.28 bits per heavy atom. The molecule has 1 unspecified atom stereocenters. The minimum absolute atomic E-state index is 0.0832. The van der Waals surface area contributed by atoms with Crippen LogP contribution in [0, 0.1) is 24.1 Å². The normalized spacial score (nSPS) is 15.9. The molecule has 0 spiro atoms. The van der Waals surface area contributed by atoms with E-state index in [0.29, 0.717) is 11.1 Å². The molecular weight excluding hydrogens is 437 g/mol. The third kappa shape index (κ3) is 2.80. The van der Waals surface area contributed by atoms with E-state index in [1.807, 2.05) is 30.5 Å². The summed E-state index contributed by atoms with van der Waals surface area (Å²) in [6, 6.07) is 10.5. The fourth-order valence-corrected chi connectivity index (χ4v) is 4.83. The molecule has 0 bridgehead atoms. The molecular formula is C21H19BrFN5O. The molecule has 3 aromatic rings. The third-order valence-electron chi connectivity index (χ3n) is 5.22. The number of hydrogen-bond acceptors (Lipinski definition) is 3. The highest BCUT2D eigenvalue weighted by Crippen LogP contribution is 2.45. The Hall–Kier alpha value is -2.92. The first-order chi connectivity index (χ1) is 13.8. The summed E-state index contributed by atoms with van der Waals surface area (Å²) in [4.78, 5) is 14.9. The van der Waals surface area contributed by atoms with E-state index >= 15 is 0 Å². The van der Waals surface area contributed by atoms with E-state index in [0.717, 1.165) is 15.9 Å². The predicted octanol–water partition coefficient (Wildman–Crippen LogP) is 4.63. The molecule has 1 aliphatic heterocycles. The van der Waals surface area contributed by atoms with E-state index in [9.17, 15) is 9.18 Å². The molecule has 0 saturated heterocycles. The molecule has 1 amide bonds. The molecule has 4 rings (SSSR count).